The largest absolute Gasteiger partial charge is 0.337 e. The molecule has 5 heteroatoms. The number of hydrogen-bond acceptors (Lipinski definition) is 2. The summed E-state index contributed by atoms with van der Waals surface area (Å²) in [5.74, 6) is -0.637. The van der Waals surface area contributed by atoms with E-state index in [0.717, 1.165) is 39.0 Å². The molecule has 1 atom stereocenters. The summed E-state index contributed by atoms with van der Waals surface area (Å²) in [6, 6.07) is 5.35. The van der Waals surface area contributed by atoms with Gasteiger partial charge in [-0.15, -0.1) is 0 Å². The number of carbonyl (C=O) groups is 1. The zero-order valence-electron chi connectivity index (χ0n) is 11.3. The summed E-state index contributed by atoms with van der Waals surface area (Å²) in [7, 11) is 0. The van der Waals surface area contributed by atoms with Crippen molar-refractivity contribution >= 4 is 21.8 Å². The van der Waals surface area contributed by atoms with E-state index < -0.39 is 5.82 Å². The molecule has 2 fully saturated rings. The van der Waals surface area contributed by atoms with E-state index in [1.54, 1.807) is 18.2 Å². The van der Waals surface area contributed by atoms with Crippen LogP contribution < -0.4 is 0 Å². The third kappa shape index (κ3) is 2.61. The van der Waals surface area contributed by atoms with Gasteiger partial charge in [0, 0.05) is 25.7 Å². The first-order chi connectivity index (χ1) is 9.66. The van der Waals surface area contributed by atoms with Crippen LogP contribution in [0.1, 0.15) is 29.6 Å². The Balaban J connectivity index is 1.81. The smallest absolute Gasteiger partial charge is 0.256 e. The molecule has 2 aliphatic heterocycles. The van der Waals surface area contributed by atoms with Crippen molar-refractivity contribution in [2.45, 2.75) is 25.3 Å². The van der Waals surface area contributed by atoms with Gasteiger partial charge in [0.15, 0.2) is 0 Å². The van der Waals surface area contributed by atoms with Crippen LogP contribution in [-0.2, 0) is 0 Å². The molecule has 0 spiro atoms. The van der Waals surface area contributed by atoms with E-state index in [2.05, 4.69) is 20.8 Å². The van der Waals surface area contributed by atoms with Crippen molar-refractivity contribution in [1.29, 1.82) is 0 Å². The molecule has 0 aromatic heterocycles. The maximum atomic E-state index is 14.1. The molecule has 0 radical (unpaired) electrons. The predicted molar refractivity (Wildman–Crippen MR) is 79.2 cm³/mol. The number of halogens is 2. The van der Waals surface area contributed by atoms with Gasteiger partial charge in [-0.25, -0.2) is 4.39 Å². The van der Waals surface area contributed by atoms with Crippen LogP contribution >= 0.6 is 15.9 Å². The number of rotatable bonds is 1. The SMILES string of the molecule is O=C(c1cccc(Br)c1F)N1CCCN2CCCC2C1. The fourth-order valence-electron chi connectivity index (χ4n) is 3.23. The Hall–Kier alpha value is -0.940. The Morgan fingerprint density at radius 3 is 2.90 bits per heavy atom. The van der Waals surface area contributed by atoms with Crippen molar-refractivity contribution in [3.05, 3.63) is 34.1 Å². The lowest BCUT2D eigenvalue weighted by Crippen LogP contribution is -2.39. The Bertz CT molecular complexity index is 523. The third-order valence-corrected chi connectivity index (χ3v) is 4.89. The molecular weight excluding hydrogens is 323 g/mol. The minimum Gasteiger partial charge on any atom is -0.337 e. The van der Waals surface area contributed by atoms with Crippen molar-refractivity contribution in [3.8, 4) is 0 Å². The Morgan fingerprint density at radius 2 is 2.05 bits per heavy atom. The monoisotopic (exact) mass is 340 g/mol. The van der Waals surface area contributed by atoms with Gasteiger partial charge in [0.05, 0.1) is 10.0 Å². The third-order valence-electron chi connectivity index (χ3n) is 4.27. The molecule has 108 valence electrons. The van der Waals surface area contributed by atoms with Gasteiger partial charge in [0.25, 0.3) is 5.91 Å². The van der Waals surface area contributed by atoms with E-state index in [4.69, 9.17) is 0 Å². The summed E-state index contributed by atoms with van der Waals surface area (Å²) in [5, 5.41) is 0. The van der Waals surface area contributed by atoms with Crippen LogP contribution in [0.2, 0.25) is 0 Å². The molecule has 0 aliphatic carbocycles. The van der Waals surface area contributed by atoms with Gasteiger partial charge in [-0.05, 0) is 53.9 Å². The second-order valence-electron chi connectivity index (χ2n) is 5.54. The second-order valence-corrected chi connectivity index (χ2v) is 6.39. The van der Waals surface area contributed by atoms with E-state index in [-0.39, 0.29) is 11.5 Å². The van der Waals surface area contributed by atoms with Crippen LogP contribution in [0.25, 0.3) is 0 Å². The first-order valence-corrected chi connectivity index (χ1v) is 7.93. The van der Waals surface area contributed by atoms with Crippen LogP contribution in [0.5, 0.6) is 0 Å². The fourth-order valence-corrected chi connectivity index (χ4v) is 3.60. The fraction of sp³-hybridized carbons (Fsp3) is 0.533. The Morgan fingerprint density at radius 1 is 1.25 bits per heavy atom. The molecule has 2 heterocycles. The molecule has 3 rings (SSSR count). The number of nitrogens with zero attached hydrogens (tertiary/aromatic N) is 2. The molecule has 1 amide bonds. The molecule has 1 unspecified atom stereocenters. The zero-order chi connectivity index (χ0) is 14.1. The van der Waals surface area contributed by atoms with Crippen molar-refractivity contribution in [3.63, 3.8) is 0 Å². The van der Waals surface area contributed by atoms with E-state index >= 15 is 0 Å². The summed E-state index contributed by atoms with van der Waals surface area (Å²) in [6.45, 7) is 3.63. The average molecular weight is 341 g/mol. The quantitative estimate of drug-likeness (QED) is 0.784. The number of amides is 1. The highest BCUT2D eigenvalue weighted by Gasteiger charge is 2.31. The van der Waals surface area contributed by atoms with Crippen LogP contribution in [0.15, 0.2) is 22.7 Å². The van der Waals surface area contributed by atoms with Gasteiger partial charge in [0.2, 0.25) is 0 Å². The van der Waals surface area contributed by atoms with E-state index in [0.29, 0.717) is 10.5 Å². The van der Waals surface area contributed by atoms with Gasteiger partial charge in [-0.2, -0.15) is 0 Å². The lowest BCUT2D eigenvalue weighted by atomic mass is 10.1. The van der Waals surface area contributed by atoms with Gasteiger partial charge >= 0.3 is 0 Å². The average Bonchev–Trinajstić information content (AvgIpc) is 2.78. The van der Waals surface area contributed by atoms with Crippen LogP contribution in [0, 0.1) is 5.82 Å². The molecule has 0 N–H and O–H groups in total. The molecule has 0 saturated carbocycles. The van der Waals surface area contributed by atoms with Crippen LogP contribution in [0.4, 0.5) is 4.39 Å². The normalized spacial score (nSPS) is 23.5. The van der Waals surface area contributed by atoms with Crippen molar-refractivity contribution in [2.24, 2.45) is 0 Å². The maximum Gasteiger partial charge on any atom is 0.256 e. The lowest BCUT2D eigenvalue weighted by Gasteiger charge is -2.26. The van der Waals surface area contributed by atoms with E-state index in [1.807, 2.05) is 4.90 Å². The summed E-state index contributed by atoms with van der Waals surface area (Å²) < 4.78 is 14.4. The first kappa shape index (κ1) is 14.0. The highest BCUT2D eigenvalue weighted by atomic mass is 79.9. The molecule has 20 heavy (non-hydrogen) atoms. The molecular formula is C15H18BrFN2O. The first-order valence-electron chi connectivity index (χ1n) is 7.14. The van der Waals surface area contributed by atoms with Crippen LogP contribution in [0.3, 0.4) is 0 Å². The number of benzene rings is 1. The minimum atomic E-state index is -0.454. The minimum absolute atomic E-state index is 0.172. The second kappa shape index (κ2) is 5.82. The Kier molecular flexibility index (Phi) is 4.08. The molecule has 1 aromatic carbocycles. The molecule has 3 nitrogen and oxygen atoms in total. The number of fused-ring (bicyclic) bond motifs is 1. The lowest BCUT2D eigenvalue weighted by molar-refractivity contribution is 0.0738. The van der Waals surface area contributed by atoms with Gasteiger partial charge in [-0.3, -0.25) is 9.69 Å². The van der Waals surface area contributed by atoms with Gasteiger partial charge in [0.1, 0.15) is 5.82 Å². The number of carbonyl (C=O) groups excluding carboxylic acids is 1. The highest BCUT2D eigenvalue weighted by Crippen LogP contribution is 2.24. The maximum absolute atomic E-state index is 14.1. The van der Waals surface area contributed by atoms with Gasteiger partial charge < -0.3 is 4.90 Å². The number of hydrogen-bond donors (Lipinski definition) is 0. The van der Waals surface area contributed by atoms with Crippen molar-refractivity contribution in [2.75, 3.05) is 26.2 Å². The topological polar surface area (TPSA) is 23.6 Å². The molecule has 2 aliphatic rings. The van der Waals surface area contributed by atoms with Gasteiger partial charge in [-0.1, -0.05) is 6.07 Å². The van der Waals surface area contributed by atoms with E-state index in [9.17, 15) is 9.18 Å². The van der Waals surface area contributed by atoms with Crippen LogP contribution in [-0.4, -0.2) is 47.9 Å². The van der Waals surface area contributed by atoms with E-state index in [1.165, 1.54) is 6.42 Å². The summed E-state index contributed by atoms with van der Waals surface area (Å²) in [4.78, 5) is 16.8. The predicted octanol–water partition coefficient (Wildman–Crippen LogP) is 2.90. The summed E-state index contributed by atoms with van der Waals surface area (Å²) >= 11 is 3.14. The molecule has 1 aromatic rings. The Labute approximate surface area is 126 Å². The standard InChI is InChI=1S/C15H18BrFN2O/c16-13-6-1-5-12(14(13)17)15(20)19-9-3-8-18-7-2-4-11(18)10-19/h1,5-6,11H,2-4,7-10H2. The molecule has 0 bridgehead atoms. The van der Waals surface area contributed by atoms with Crippen molar-refractivity contribution < 1.29 is 9.18 Å². The molecule has 2 saturated heterocycles. The highest BCUT2D eigenvalue weighted by molar-refractivity contribution is 9.10. The van der Waals surface area contributed by atoms with Crippen molar-refractivity contribution in [1.82, 2.24) is 9.80 Å². The zero-order valence-corrected chi connectivity index (χ0v) is 12.9. The summed E-state index contributed by atoms with van der Waals surface area (Å²) in [5.41, 5.74) is 0.172. The summed E-state index contributed by atoms with van der Waals surface area (Å²) in [6.07, 6.45) is 3.32.